The average Bonchev–Trinajstić information content (AvgIpc) is 2.17. The van der Waals surface area contributed by atoms with Crippen LogP contribution in [0.15, 0.2) is 23.8 Å². The lowest BCUT2D eigenvalue weighted by Gasteiger charge is -2.43. The van der Waals surface area contributed by atoms with Crippen molar-refractivity contribution < 1.29 is 0 Å². The predicted molar refractivity (Wildman–Crippen MR) is 66.7 cm³/mol. The maximum atomic E-state index is 4.19. The van der Waals surface area contributed by atoms with E-state index in [1.54, 1.807) is 5.57 Å². The predicted octanol–water partition coefficient (Wildman–Crippen LogP) is 4.58. The van der Waals surface area contributed by atoms with Gasteiger partial charge in [-0.25, -0.2) is 0 Å². The second-order valence-electron chi connectivity index (χ2n) is 5.83. The van der Waals surface area contributed by atoms with E-state index < -0.39 is 0 Å². The maximum absolute atomic E-state index is 4.19. The van der Waals surface area contributed by atoms with E-state index in [1.165, 1.54) is 31.3 Å². The standard InChI is InChI=1S/C15H24/c1-10(2)13-8-6-12(4)14-7-5-11(3)9-15(13)14/h6,11,13-15H,1,5,7-9H2,2-4H3/t11-,13+,14-,15-/m0/s1. The summed E-state index contributed by atoms with van der Waals surface area (Å²) >= 11 is 0. The zero-order chi connectivity index (χ0) is 11.0. The van der Waals surface area contributed by atoms with Crippen LogP contribution in [0.5, 0.6) is 0 Å². The summed E-state index contributed by atoms with van der Waals surface area (Å²) in [6.45, 7) is 11.2. The molecule has 0 radical (unpaired) electrons. The topological polar surface area (TPSA) is 0 Å². The molecule has 0 amide bonds. The second-order valence-corrected chi connectivity index (χ2v) is 5.83. The lowest BCUT2D eigenvalue weighted by molar-refractivity contribution is 0.156. The molecule has 0 bridgehead atoms. The Balaban J connectivity index is 2.21. The van der Waals surface area contributed by atoms with Gasteiger partial charge < -0.3 is 0 Å². The van der Waals surface area contributed by atoms with Gasteiger partial charge in [0, 0.05) is 0 Å². The van der Waals surface area contributed by atoms with Crippen molar-refractivity contribution in [1.29, 1.82) is 0 Å². The van der Waals surface area contributed by atoms with Crippen molar-refractivity contribution in [3.63, 3.8) is 0 Å². The number of fused-ring (bicyclic) bond motifs is 1. The number of allylic oxidation sites excluding steroid dienone is 3. The molecule has 2 aliphatic carbocycles. The summed E-state index contributed by atoms with van der Waals surface area (Å²) in [5.41, 5.74) is 3.06. The lowest BCUT2D eigenvalue weighted by atomic mass is 9.62. The first-order valence-corrected chi connectivity index (χ1v) is 6.41. The Morgan fingerprint density at radius 3 is 2.80 bits per heavy atom. The molecule has 2 rings (SSSR count). The quantitative estimate of drug-likeness (QED) is 0.548. The van der Waals surface area contributed by atoms with Crippen LogP contribution in [-0.2, 0) is 0 Å². The molecule has 15 heavy (non-hydrogen) atoms. The first kappa shape index (κ1) is 11.0. The third kappa shape index (κ3) is 2.04. The minimum Gasteiger partial charge on any atom is -0.0998 e. The van der Waals surface area contributed by atoms with Crippen LogP contribution in [0.2, 0.25) is 0 Å². The zero-order valence-electron chi connectivity index (χ0n) is 10.4. The second kappa shape index (κ2) is 4.15. The van der Waals surface area contributed by atoms with Gasteiger partial charge in [0.05, 0.1) is 0 Å². The van der Waals surface area contributed by atoms with Gasteiger partial charge in [-0.3, -0.25) is 0 Å². The van der Waals surface area contributed by atoms with Crippen molar-refractivity contribution in [3.8, 4) is 0 Å². The average molecular weight is 204 g/mol. The zero-order valence-corrected chi connectivity index (χ0v) is 10.4. The summed E-state index contributed by atoms with van der Waals surface area (Å²) in [4.78, 5) is 0. The van der Waals surface area contributed by atoms with E-state index in [4.69, 9.17) is 0 Å². The molecule has 0 heterocycles. The molecule has 0 saturated heterocycles. The van der Waals surface area contributed by atoms with Crippen LogP contribution >= 0.6 is 0 Å². The fourth-order valence-electron chi connectivity index (χ4n) is 3.64. The third-order valence-corrected chi connectivity index (χ3v) is 4.59. The maximum Gasteiger partial charge on any atom is -0.0140 e. The Kier molecular flexibility index (Phi) is 3.04. The molecule has 0 aromatic rings. The Hall–Kier alpha value is -0.520. The van der Waals surface area contributed by atoms with E-state index in [2.05, 4.69) is 33.4 Å². The van der Waals surface area contributed by atoms with Crippen molar-refractivity contribution in [2.45, 2.75) is 46.5 Å². The molecule has 0 spiro atoms. The van der Waals surface area contributed by atoms with Crippen molar-refractivity contribution in [2.75, 3.05) is 0 Å². The van der Waals surface area contributed by atoms with E-state index in [0.29, 0.717) is 0 Å². The minimum absolute atomic E-state index is 0.765. The fourth-order valence-corrected chi connectivity index (χ4v) is 3.64. The Labute approximate surface area is 94.5 Å². The SMILES string of the molecule is C=C(C)[C@H]1CC=C(C)[C@@H]2CC[C@H](C)C[C@@H]12. The monoisotopic (exact) mass is 204 g/mol. The van der Waals surface area contributed by atoms with Gasteiger partial charge in [0.1, 0.15) is 0 Å². The van der Waals surface area contributed by atoms with E-state index in [0.717, 1.165) is 23.7 Å². The highest BCUT2D eigenvalue weighted by atomic mass is 14.4. The van der Waals surface area contributed by atoms with Gasteiger partial charge in [-0.15, -0.1) is 0 Å². The molecule has 0 aromatic carbocycles. The van der Waals surface area contributed by atoms with Crippen LogP contribution in [0.25, 0.3) is 0 Å². The Morgan fingerprint density at radius 1 is 1.40 bits per heavy atom. The molecule has 2 aliphatic rings. The van der Waals surface area contributed by atoms with Gasteiger partial charge in [0.2, 0.25) is 0 Å². The number of hydrogen-bond donors (Lipinski definition) is 0. The molecule has 0 nitrogen and oxygen atoms in total. The van der Waals surface area contributed by atoms with Crippen LogP contribution in [0.1, 0.15) is 46.5 Å². The highest BCUT2D eigenvalue weighted by Crippen LogP contribution is 2.47. The minimum atomic E-state index is 0.765. The summed E-state index contributed by atoms with van der Waals surface area (Å²) in [6.07, 6.45) is 7.98. The molecule has 1 saturated carbocycles. The first-order chi connectivity index (χ1) is 7.09. The normalized spacial score (nSPS) is 40.6. The molecule has 0 unspecified atom stereocenters. The van der Waals surface area contributed by atoms with Crippen LogP contribution in [-0.4, -0.2) is 0 Å². The smallest absolute Gasteiger partial charge is 0.0140 e. The molecule has 84 valence electrons. The van der Waals surface area contributed by atoms with E-state index >= 15 is 0 Å². The van der Waals surface area contributed by atoms with E-state index in [1.807, 2.05) is 0 Å². The number of hydrogen-bond acceptors (Lipinski definition) is 0. The van der Waals surface area contributed by atoms with Gasteiger partial charge in [0.15, 0.2) is 0 Å². The fraction of sp³-hybridized carbons (Fsp3) is 0.733. The molecule has 4 atom stereocenters. The van der Waals surface area contributed by atoms with Gasteiger partial charge in [-0.05, 0) is 56.8 Å². The van der Waals surface area contributed by atoms with Gasteiger partial charge in [-0.2, -0.15) is 0 Å². The molecule has 0 aliphatic heterocycles. The first-order valence-electron chi connectivity index (χ1n) is 6.41. The molecule has 0 aromatic heterocycles. The third-order valence-electron chi connectivity index (χ3n) is 4.59. The highest BCUT2D eigenvalue weighted by Gasteiger charge is 2.37. The summed E-state index contributed by atoms with van der Waals surface area (Å²) in [6, 6.07) is 0. The summed E-state index contributed by atoms with van der Waals surface area (Å²) in [5.74, 6) is 3.47. The molecule has 0 N–H and O–H groups in total. The van der Waals surface area contributed by atoms with Crippen LogP contribution in [0.3, 0.4) is 0 Å². The largest absolute Gasteiger partial charge is 0.0998 e. The van der Waals surface area contributed by atoms with Crippen molar-refractivity contribution in [3.05, 3.63) is 23.8 Å². The summed E-state index contributed by atoms with van der Waals surface area (Å²) in [7, 11) is 0. The van der Waals surface area contributed by atoms with Crippen LogP contribution in [0, 0.1) is 23.7 Å². The molecule has 0 heteroatoms. The van der Waals surface area contributed by atoms with Gasteiger partial charge in [0.25, 0.3) is 0 Å². The summed E-state index contributed by atoms with van der Waals surface area (Å²) in [5, 5.41) is 0. The highest BCUT2D eigenvalue weighted by molar-refractivity contribution is 5.17. The molecular formula is C15H24. The van der Waals surface area contributed by atoms with Gasteiger partial charge >= 0.3 is 0 Å². The van der Waals surface area contributed by atoms with Crippen LogP contribution < -0.4 is 0 Å². The van der Waals surface area contributed by atoms with Gasteiger partial charge in [-0.1, -0.05) is 37.1 Å². The molecular weight excluding hydrogens is 180 g/mol. The van der Waals surface area contributed by atoms with E-state index in [9.17, 15) is 0 Å². The lowest BCUT2D eigenvalue weighted by Crippen LogP contribution is -2.33. The van der Waals surface area contributed by atoms with Crippen LogP contribution in [0.4, 0.5) is 0 Å². The van der Waals surface area contributed by atoms with Crippen molar-refractivity contribution in [2.24, 2.45) is 23.7 Å². The Bertz CT molecular complexity index is 282. The summed E-state index contributed by atoms with van der Waals surface area (Å²) < 4.78 is 0. The van der Waals surface area contributed by atoms with Crippen molar-refractivity contribution >= 4 is 0 Å². The molecule has 1 fully saturated rings. The van der Waals surface area contributed by atoms with E-state index in [-0.39, 0.29) is 0 Å². The number of rotatable bonds is 1. The Morgan fingerprint density at radius 2 is 2.13 bits per heavy atom. The van der Waals surface area contributed by atoms with Crippen molar-refractivity contribution in [1.82, 2.24) is 0 Å².